The predicted octanol–water partition coefficient (Wildman–Crippen LogP) is 0.200. The number of nitrogens with one attached hydrogen (secondary N) is 2. The molecule has 10 nitrogen and oxygen atoms in total. The largest absolute Gasteiger partial charge is 0.369 e. The molecular formula is C10H16N2O8P2. The lowest BCUT2D eigenvalue weighted by atomic mass is 10.3. The van der Waals surface area contributed by atoms with E-state index >= 15 is 0 Å². The molecule has 0 spiro atoms. The highest BCUT2D eigenvalue weighted by atomic mass is 31.2. The smallest absolute Gasteiger partial charge is 0.367 e. The number of hydrogen-bond donors (Lipinski definition) is 7. The number of amides is 2. The third-order valence-corrected chi connectivity index (χ3v) is 6.59. The highest BCUT2D eigenvalue weighted by Crippen LogP contribution is 2.68. The highest BCUT2D eigenvalue weighted by Gasteiger charge is 2.58. The molecule has 12 heteroatoms. The number of aliphatic hydroxyl groups is 1. The van der Waals surface area contributed by atoms with Crippen molar-refractivity contribution in [3.8, 4) is 0 Å². The number of benzene rings is 1. The normalized spacial score (nSPS) is 12.8. The zero-order valence-corrected chi connectivity index (χ0v) is 12.9. The molecule has 1 rings (SSSR count). The van der Waals surface area contributed by atoms with Crippen molar-refractivity contribution in [2.24, 2.45) is 0 Å². The zero-order chi connectivity index (χ0) is 17.0. The van der Waals surface area contributed by atoms with Crippen LogP contribution in [-0.2, 0) is 9.13 Å². The molecule has 1 aromatic carbocycles. The summed E-state index contributed by atoms with van der Waals surface area (Å²) in [6.07, 6.45) is -1.02. The fourth-order valence-electron chi connectivity index (χ4n) is 1.50. The van der Waals surface area contributed by atoms with Crippen LogP contribution in [0.25, 0.3) is 0 Å². The van der Waals surface area contributed by atoms with Crippen LogP contribution in [0.4, 0.5) is 10.5 Å². The quantitative estimate of drug-likeness (QED) is 0.354. The second-order valence-electron chi connectivity index (χ2n) is 4.36. The average Bonchev–Trinajstić information content (AvgIpc) is 2.37. The van der Waals surface area contributed by atoms with Gasteiger partial charge in [-0.15, -0.1) is 0 Å². The Labute approximate surface area is 125 Å². The van der Waals surface area contributed by atoms with E-state index in [-0.39, 0.29) is 0 Å². The van der Waals surface area contributed by atoms with Gasteiger partial charge in [0.1, 0.15) is 0 Å². The number of carbonyl (C=O) groups is 1. The van der Waals surface area contributed by atoms with E-state index in [0.717, 1.165) is 0 Å². The molecule has 0 radical (unpaired) electrons. The summed E-state index contributed by atoms with van der Waals surface area (Å²) in [7, 11) is -11.0. The van der Waals surface area contributed by atoms with Crippen molar-refractivity contribution in [2.75, 3.05) is 11.9 Å². The molecule has 0 aliphatic carbocycles. The van der Waals surface area contributed by atoms with Crippen LogP contribution >= 0.6 is 15.2 Å². The summed E-state index contributed by atoms with van der Waals surface area (Å²) >= 11 is 0. The fraction of sp³-hybridized carbons (Fsp3) is 0.300. The van der Waals surface area contributed by atoms with E-state index in [4.69, 9.17) is 19.6 Å². The molecule has 0 aliphatic rings. The number of carbonyl (C=O) groups excluding carboxylic acids is 1. The first-order valence-corrected chi connectivity index (χ1v) is 9.13. The van der Waals surface area contributed by atoms with Crippen LogP contribution in [0.1, 0.15) is 6.42 Å². The molecule has 22 heavy (non-hydrogen) atoms. The van der Waals surface area contributed by atoms with Gasteiger partial charge in [-0.3, -0.25) is 9.13 Å². The molecule has 2 amide bonds. The maximum atomic E-state index is 11.5. The molecule has 7 N–H and O–H groups in total. The van der Waals surface area contributed by atoms with Crippen molar-refractivity contribution < 1.29 is 38.6 Å². The number of urea groups is 1. The maximum absolute atomic E-state index is 11.5. The van der Waals surface area contributed by atoms with Gasteiger partial charge in [0.25, 0.3) is 5.08 Å². The average molecular weight is 354 g/mol. The number of hydrogen-bond acceptors (Lipinski definition) is 4. The van der Waals surface area contributed by atoms with Crippen LogP contribution in [-0.4, -0.2) is 42.3 Å². The topological polar surface area (TPSA) is 176 Å². The Hall–Kier alpha value is -1.25. The molecule has 1 aromatic rings. The minimum Gasteiger partial charge on any atom is -0.367 e. The minimum absolute atomic E-state index is 0.445. The maximum Gasteiger partial charge on any atom is 0.369 e. The van der Waals surface area contributed by atoms with E-state index in [1.54, 1.807) is 30.3 Å². The van der Waals surface area contributed by atoms with E-state index in [0.29, 0.717) is 5.69 Å². The summed E-state index contributed by atoms with van der Waals surface area (Å²) in [5.74, 6) is 0. The van der Waals surface area contributed by atoms with Crippen LogP contribution in [0, 0.1) is 0 Å². The Bertz CT molecular complexity index is 589. The van der Waals surface area contributed by atoms with Gasteiger partial charge < -0.3 is 35.3 Å². The lowest BCUT2D eigenvalue weighted by Crippen LogP contribution is -2.36. The van der Waals surface area contributed by atoms with Gasteiger partial charge in [0.15, 0.2) is 0 Å². The Morgan fingerprint density at radius 3 is 2.00 bits per heavy atom. The summed E-state index contributed by atoms with van der Waals surface area (Å²) in [4.78, 5) is 47.2. The van der Waals surface area contributed by atoms with Gasteiger partial charge in [0.2, 0.25) is 0 Å². The SMILES string of the molecule is O=C(NCCC(O)(P(=O)(O)O)P(=O)(O)O)Nc1ccccc1. The summed E-state index contributed by atoms with van der Waals surface area (Å²) in [5, 5.41) is 10.6. The summed E-state index contributed by atoms with van der Waals surface area (Å²) < 4.78 is 22.2. The lowest BCUT2D eigenvalue weighted by molar-refractivity contribution is 0.123. The minimum atomic E-state index is -5.51. The fourth-order valence-corrected chi connectivity index (χ4v) is 3.67. The zero-order valence-electron chi connectivity index (χ0n) is 11.2. The van der Waals surface area contributed by atoms with E-state index in [1.165, 1.54) is 0 Å². The van der Waals surface area contributed by atoms with E-state index < -0.39 is 39.3 Å². The monoisotopic (exact) mass is 354 g/mol. The standard InChI is InChI=1S/C10H16N2O8P2/c13-9(12-8-4-2-1-3-5-8)11-7-6-10(14,21(15,16)17)22(18,19)20/h1-5,14H,6-7H2,(H2,11,12,13)(H2,15,16,17)(H2,18,19,20). The van der Waals surface area contributed by atoms with Gasteiger partial charge in [-0.05, 0) is 12.1 Å². The van der Waals surface area contributed by atoms with Crippen LogP contribution < -0.4 is 10.6 Å². The van der Waals surface area contributed by atoms with Crippen molar-refractivity contribution in [1.82, 2.24) is 5.32 Å². The number of para-hydroxylation sites is 1. The van der Waals surface area contributed by atoms with Crippen molar-refractivity contribution in [3.05, 3.63) is 30.3 Å². The third-order valence-electron chi connectivity index (χ3n) is 2.71. The van der Waals surface area contributed by atoms with Crippen molar-refractivity contribution >= 4 is 26.9 Å². The molecule has 0 aliphatic heterocycles. The summed E-state index contributed by atoms with van der Waals surface area (Å²) in [6, 6.07) is 7.46. The van der Waals surface area contributed by atoms with Crippen LogP contribution in [0.3, 0.4) is 0 Å². The van der Waals surface area contributed by atoms with Gasteiger partial charge in [0, 0.05) is 18.7 Å². The van der Waals surface area contributed by atoms with Crippen molar-refractivity contribution in [2.45, 2.75) is 11.5 Å². The van der Waals surface area contributed by atoms with E-state index in [9.17, 15) is 19.0 Å². The van der Waals surface area contributed by atoms with Crippen LogP contribution in [0.5, 0.6) is 0 Å². The van der Waals surface area contributed by atoms with Crippen LogP contribution in [0.15, 0.2) is 30.3 Å². The van der Waals surface area contributed by atoms with Crippen molar-refractivity contribution in [1.29, 1.82) is 0 Å². The second kappa shape index (κ2) is 6.89. The first-order chi connectivity index (χ1) is 9.97. The molecule has 0 aromatic heterocycles. The Balaban J connectivity index is 2.63. The first-order valence-electron chi connectivity index (χ1n) is 5.91. The highest BCUT2D eigenvalue weighted by molar-refractivity contribution is 7.72. The lowest BCUT2D eigenvalue weighted by Gasteiger charge is -2.29. The van der Waals surface area contributed by atoms with Crippen LogP contribution in [0.2, 0.25) is 0 Å². The molecule has 0 saturated heterocycles. The van der Waals surface area contributed by atoms with Gasteiger partial charge in [-0.25, -0.2) is 4.79 Å². The number of rotatable bonds is 6. The van der Waals surface area contributed by atoms with E-state index in [2.05, 4.69) is 10.6 Å². The Kier molecular flexibility index (Phi) is 5.89. The van der Waals surface area contributed by atoms with Gasteiger partial charge in [-0.2, -0.15) is 0 Å². The molecule has 0 atom stereocenters. The molecule has 0 saturated carbocycles. The number of anilines is 1. The summed E-state index contributed by atoms with van der Waals surface area (Å²) in [6.45, 7) is -0.564. The van der Waals surface area contributed by atoms with Gasteiger partial charge in [0.05, 0.1) is 0 Å². The Morgan fingerprint density at radius 2 is 1.55 bits per heavy atom. The van der Waals surface area contributed by atoms with Crippen molar-refractivity contribution in [3.63, 3.8) is 0 Å². The first kappa shape index (κ1) is 18.8. The third kappa shape index (κ3) is 4.62. The van der Waals surface area contributed by atoms with E-state index in [1.807, 2.05) is 0 Å². The molecule has 124 valence electrons. The molecule has 0 fully saturated rings. The van der Waals surface area contributed by atoms with Gasteiger partial charge >= 0.3 is 21.2 Å². The predicted molar refractivity (Wildman–Crippen MR) is 77.1 cm³/mol. The van der Waals surface area contributed by atoms with Gasteiger partial charge in [-0.1, -0.05) is 18.2 Å². The molecule has 0 bridgehead atoms. The molecular weight excluding hydrogens is 338 g/mol. The molecule has 0 unspecified atom stereocenters. The molecule has 0 heterocycles. The summed E-state index contributed by atoms with van der Waals surface area (Å²) in [5.41, 5.74) is 0.445. The Morgan fingerprint density at radius 1 is 1.05 bits per heavy atom. The second-order valence-corrected chi connectivity index (χ2v) is 8.37.